The number of esters is 1. The Morgan fingerprint density at radius 3 is 2.55 bits per heavy atom. The highest BCUT2D eigenvalue weighted by Gasteiger charge is 2.28. The number of aryl methyl sites for hydroxylation is 1. The number of aromatic nitrogens is 2. The number of carbonyl (C=O) groups excluding carboxylic acids is 1. The summed E-state index contributed by atoms with van der Waals surface area (Å²) in [5.74, 6) is 0.776. The summed E-state index contributed by atoms with van der Waals surface area (Å²) in [6.07, 6.45) is 2.23. The topological polar surface area (TPSA) is 67.4 Å². The number of anilines is 1. The van der Waals surface area contributed by atoms with E-state index < -0.39 is 5.97 Å². The minimum atomic E-state index is -0.458. The van der Waals surface area contributed by atoms with E-state index in [-0.39, 0.29) is 12.1 Å². The predicted octanol–water partition coefficient (Wildman–Crippen LogP) is 5.13. The number of H-pyrrole nitrogens is 1. The molecule has 1 N–H and O–H groups in total. The van der Waals surface area contributed by atoms with Crippen molar-refractivity contribution in [3.05, 3.63) is 65.2 Å². The summed E-state index contributed by atoms with van der Waals surface area (Å²) in [5, 5.41) is 0.690. The van der Waals surface area contributed by atoms with Gasteiger partial charge in [-0.3, -0.25) is 0 Å². The number of benzene rings is 2. The van der Waals surface area contributed by atoms with Crippen molar-refractivity contribution in [1.29, 1.82) is 0 Å². The van der Waals surface area contributed by atoms with Crippen LogP contribution in [-0.2, 0) is 11.2 Å². The Morgan fingerprint density at radius 1 is 1.19 bits per heavy atom. The van der Waals surface area contributed by atoms with Crippen molar-refractivity contribution >= 4 is 23.3 Å². The van der Waals surface area contributed by atoms with Crippen LogP contribution < -0.4 is 9.64 Å². The first-order valence-corrected chi connectivity index (χ1v) is 10.9. The Morgan fingerprint density at radius 2 is 1.90 bits per heavy atom. The number of aromatic amines is 1. The number of hydrogen-bond donors (Lipinski definition) is 1. The molecule has 31 heavy (non-hydrogen) atoms. The monoisotopic (exact) mass is 439 g/mol. The van der Waals surface area contributed by atoms with Crippen LogP contribution in [0.15, 0.2) is 48.7 Å². The highest BCUT2D eigenvalue weighted by atomic mass is 35.5. The van der Waals surface area contributed by atoms with Crippen molar-refractivity contribution < 1.29 is 14.3 Å². The van der Waals surface area contributed by atoms with Crippen molar-refractivity contribution in [2.75, 3.05) is 18.1 Å². The predicted molar refractivity (Wildman–Crippen MR) is 122 cm³/mol. The highest BCUT2D eigenvalue weighted by molar-refractivity contribution is 6.30. The van der Waals surface area contributed by atoms with Crippen LogP contribution in [0.25, 0.3) is 11.1 Å². The van der Waals surface area contributed by atoms with Crippen LogP contribution in [-0.4, -0.2) is 41.2 Å². The minimum absolute atomic E-state index is 0.181. The van der Waals surface area contributed by atoms with Gasteiger partial charge in [0.15, 0.2) is 0 Å². The number of hydrogen-bond acceptors (Lipinski definition) is 5. The lowest BCUT2D eigenvalue weighted by Gasteiger charge is -2.41. The van der Waals surface area contributed by atoms with E-state index in [2.05, 4.69) is 28.7 Å². The summed E-state index contributed by atoms with van der Waals surface area (Å²) in [6, 6.07) is 13.9. The van der Waals surface area contributed by atoms with E-state index in [4.69, 9.17) is 21.1 Å². The van der Waals surface area contributed by atoms with Crippen LogP contribution in [0.5, 0.6) is 5.75 Å². The van der Waals surface area contributed by atoms with E-state index in [1.165, 1.54) is 6.20 Å². The third-order valence-electron chi connectivity index (χ3n) is 5.46. The minimum Gasteiger partial charge on any atom is -0.422 e. The fraction of sp³-hybridized carbons (Fsp3) is 0.333. The molecule has 0 bridgehead atoms. The number of imidazole rings is 1. The Kier molecular flexibility index (Phi) is 6.30. The second-order valence-electron chi connectivity index (χ2n) is 7.82. The lowest BCUT2D eigenvalue weighted by atomic mass is 10.00. The van der Waals surface area contributed by atoms with E-state index in [1.54, 1.807) is 0 Å². The highest BCUT2D eigenvalue weighted by Crippen LogP contribution is 2.38. The van der Waals surface area contributed by atoms with Gasteiger partial charge in [-0.1, -0.05) is 30.7 Å². The van der Waals surface area contributed by atoms with Crippen molar-refractivity contribution in [2.45, 2.75) is 39.3 Å². The molecule has 1 aliphatic rings. The molecule has 2 unspecified atom stereocenters. The number of ether oxygens (including phenoxy) is 2. The van der Waals surface area contributed by atoms with Gasteiger partial charge in [-0.2, -0.15) is 0 Å². The molecule has 0 radical (unpaired) electrons. The SMILES string of the molecule is CCc1ncc(C(=O)Oc2ccc(-c3ccc(Cl)cc3)c(N3C(C)COCC3C)c2)[nH]1. The van der Waals surface area contributed by atoms with Gasteiger partial charge in [-0.25, -0.2) is 9.78 Å². The molecule has 4 rings (SSSR count). The molecule has 2 atom stereocenters. The zero-order valence-corrected chi connectivity index (χ0v) is 18.6. The van der Waals surface area contributed by atoms with Gasteiger partial charge in [0, 0.05) is 40.8 Å². The number of nitrogens with zero attached hydrogens (tertiary/aromatic N) is 2. The molecule has 0 amide bonds. The van der Waals surface area contributed by atoms with Crippen LogP contribution in [0.3, 0.4) is 0 Å². The van der Waals surface area contributed by atoms with E-state index in [0.717, 1.165) is 29.1 Å². The average molecular weight is 440 g/mol. The normalized spacial score (nSPS) is 18.8. The molecule has 162 valence electrons. The first-order valence-electron chi connectivity index (χ1n) is 10.5. The first-order chi connectivity index (χ1) is 15.0. The van der Waals surface area contributed by atoms with Crippen LogP contribution in [0, 0.1) is 0 Å². The number of morpholine rings is 1. The maximum Gasteiger partial charge on any atom is 0.361 e. The summed E-state index contributed by atoms with van der Waals surface area (Å²) in [6.45, 7) is 7.53. The lowest BCUT2D eigenvalue weighted by molar-refractivity contribution is 0.0726. The van der Waals surface area contributed by atoms with E-state index in [0.29, 0.717) is 29.7 Å². The van der Waals surface area contributed by atoms with Gasteiger partial charge in [-0.05, 0) is 43.7 Å². The van der Waals surface area contributed by atoms with Crippen molar-refractivity contribution in [1.82, 2.24) is 9.97 Å². The maximum atomic E-state index is 12.6. The van der Waals surface area contributed by atoms with Gasteiger partial charge in [0.05, 0.1) is 19.4 Å². The van der Waals surface area contributed by atoms with Crippen LogP contribution >= 0.6 is 11.6 Å². The molecular formula is C24H26ClN3O3. The summed E-state index contributed by atoms with van der Waals surface area (Å²) >= 11 is 6.09. The number of carbonyl (C=O) groups is 1. The van der Waals surface area contributed by atoms with Crippen LogP contribution in [0.4, 0.5) is 5.69 Å². The molecule has 1 fully saturated rings. The van der Waals surface area contributed by atoms with Crippen molar-refractivity contribution in [2.24, 2.45) is 0 Å². The zero-order chi connectivity index (χ0) is 22.0. The Hall–Kier alpha value is -2.83. The molecule has 3 aromatic rings. The third-order valence-corrected chi connectivity index (χ3v) is 5.72. The smallest absolute Gasteiger partial charge is 0.361 e. The fourth-order valence-corrected chi connectivity index (χ4v) is 4.08. The molecular weight excluding hydrogens is 414 g/mol. The standard InChI is InChI=1S/C24H26ClN3O3/c1-4-23-26-12-21(27-23)24(29)31-19-9-10-20(17-5-7-18(25)8-6-17)22(11-19)28-15(2)13-30-14-16(28)3/h5-12,15-16H,4,13-14H2,1-3H3,(H,26,27). The van der Waals surface area contributed by atoms with Gasteiger partial charge >= 0.3 is 5.97 Å². The van der Waals surface area contributed by atoms with Crippen LogP contribution in [0.1, 0.15) is 37.1 Å². The Balaban J connectivity index is 1.71. The summed E-state index contributed by atoms with van der Waals surface area (Å²) in [4.78, 5) is 22.1. The lowest BCUT2D eigenvalue weighted by Crippen LogP contribution is -2.50. The molecule has 1 aromatic heterocycles. The fourth-order valence-electron chi connectivity index (χ4n) is 3.95. The van der Waals surface area contributed by atoms with Gasteiger partial charge in [0.25, 0.3) is 0 Å². The average Bonchev–Trinajstić information content (AvgIpc) is 3.24. The molecule has 2 heterocycles. The van der Waals surface area contributed by atoms with Crippen molar-refractivity contribution in [3.8, 4) is 16.9 Å². The maximum absolute atomic E-state index is 12.6. The van der Waals surface area contributed by atoms with Gasteiger partial charge in [0.2, 0.25) is 0 Å². The summed E-state index contributed by atoms with van der Waals surface area (Å²) < 4.78 is 11.4. The number of nitrogens with one attached hydrogen (secondary N) is 1. The molecule has 6 nitrogen and oxygen atoms in total. The second-order valence-corrected chi connectivity index (χ2v) is 8.25. The molecule has 7 heteroatoms. The van der Waals surface area contributed by atoms with Gasteiger partial charge < -0.3 is 19.4 Å². The number of rotatable bonds is 5. The van der Waals surface area contributed by atoms with Gasteiger partial charge in [0.1, 0.15) is 17.3 Å². The molecule has 0 spiro atoms. The van der Waals surface area contributed by atoms with Crippen LogP contribution in [0.2, 0.25) is 5.02 Å². The Labute approximate surface area is 187 Å². The first kappa shape index (κ1) is 21.4. The summed E-state index contributed by atoms with van der Waals surface area (Å²) in [5.41, 5.74) is 3.43. The zero-order valence-electron chi connectivity index (χ0n) is 17.9. The van der Waals surface area contributed by atoms with E-state index in [1.807, 2.05) is 49.4 Å². The molecule has 1 aliphatic heterocycles. The Bertz CT molecular complexity index is 1050. The van der Waals surface area contributed by atoms with Gasteiger partial charge in [-0.15, -0.1) is 0 Å². The van der Waals surface area contributed by atoms with E-state index in [9.17, 15) is 4.79 Å². The van der Waals surface area contributed by atoms with E-state index >= 15 is 0 Å². The third kappa shape index (κ3) is 4.60. The number of halogens is 1. The molecule has 2 aromatic carbocycles. The largest absolute Gasteiger partial charge is 0.422 e. The molecule has 1 saturated heterocycles. The quantitative estimate of drug-likeness (QED) is 0.441. The summed E-state index contributed by atoms with van der Waals surface area (Å²) in [7, 11) is 0. The molecule has 0 saturated carbocycles. The van der Waals surface area contributed by atoms with Crippen molar-refractivity contribution in [3.63, 3.8) is 0 Å². The second kappa shape index (κ2) is 9.12. The molecule has 0 aliphatic carbocycles.